The number of pyridine rings is 1. The zero-order valence-electron chi connectivity index (χ0n) is 22.5. The highest BCUT2D eigenvalue weighted by atomic mass is 32.2. The first-order valence-corrected chi connectivity index (χ1v) is 15.8. The molecule has 0 aliphatic carbocycles. The van der Waals surface area contributed by atoms with Crippen LogP contribution in [0.1, 0.15) is 38.5 Å². The maximum Gasteiger partial charge on any atom is 0.250 e. The third kappa shape index (κ3) is 6.08. The number of benzene rings is 1. The fraction of sp³-hybridized carbons (Fsp3) is 0.536. The van der Waals surface area contributed by atoms with Crippen LogP contribution in [0, 0.1) is 5.92 Å². The van der Waals surface area contributed by atoms with Crippen LogP contribution in [-0.2, 0) is 14.8 Å². The van der Waals surface area contributed by atoms with Gasteiger partial charge < -0.3 is 24.1 Å². The minimum atomic E-state index is -3.67. The fourth-order valence-corrected chi connectivity index (χ4v) is 6.78. The van der Waals surface area contributed by atoms with E-state index in [1.165, 1.54) is 6.42 Å². The van der Waals surface area contributed by atoms with E-state index in [9.17, 15) is 8.42 Å². The van der Waals surface area contributed by atoms with Crippen LogP contribution in [0.25, 0.3) is 22.9 Å². The van der Waals surface area contributed by atoms with Crippen molar-refractivity contribution in [1.29, 1.82) is 0 Å². The summed E-state index contributed by atoms with van der Waals surface area (Å²) in [6.45, 7) is 3.81. The second kappa shape index (κ2) is 11.7. The molecule has 8 bridgehead atoms. The molecule has 2 fully saturated rings. The first-order valence-electron chi connectivity index (χ1n) is 14.1. The molecular formula is C28H36N6O5S. The van der Waals surface area contributed by atoms with Gasteiger partial charge in [0.15, 0.2) is 0 Å². The van der Waals surface area contributed by atoms with Crippen LogP contribution in [0.5, 0.6) is 0 Å². The molecule has 11 nitrogen and oxygen atoms in total. The van der Waals surface area contributed by atoms with E-state index in [4.69, 9.17) is 14.3 Å². The number of sulfonamides is 1. The van der Waals surface area contributed by atoms with Crippen LogP contribution in [-0.4, -0.2) is 80.0 Å². The summed E-state index contributed by atoms with van der Waals surface area (Å²) in [6.07, 6.45) is 8.33. The van der Waals surface area contributed by atoms with E-state index in [0.717, 1.165) is 87.5 Å². The minimum Gasteiger partial charge on any atom is -0.416 e. The molecule has 0 radical (unpaired) electrons. The van der Waals surface area contributed by atoms with Crippen LogP contribution in [0.3, 0.4) is 0 Å². The molecule has 0 amide bonds. The van der Waals surface area contributed by atoms with Gasteiger partial charge in [-0.05, 0) is 74.8 Å². The van der Waals surface area contributed by atoms with E-state index >= 15 is 0 Å². The van der Waals surface area contributed by atoms with Crippen molar-refractivity contribution in [2.75, 3.05) is 59.7 Å². The SMILES string of the molecule is O=S(=O)(CCO)Nc1ccc2c(c1)N1CCC(CC1)OCCCC1CCCN(C1)c1cc(ccn1)-c1nnc-2o1. The fourth-order valence-electron chi connectivity index (χ4n) is 5.96. The van der Waals surface area contributed by atoms with Gasteiger partial charge in [0.2, 0.25) is 21.8 Å². The summed E-state index contributed by atoms with van der Waals surface area (Å²) in [7, 11) is -3.67. The van der Waals surface area contributed by atoms with Crippen molar-refractivity contribution in [2.45, 2.75) is 44.6 Å². The van der Waals surface area contributed by atoms with E-state index in [-0.39, 0.29) is 11.9 Å². The van der Waals surface area contributed by atoms with E-state index in [1.54, 1.807) is 24.4 Å². The third-order valence-electron chi connectivity index (χ3n) is 8.01. The number of anilines is 3. The molecule has 12 heteroatoms. The van der Waals surface area contributed by atoms with Gasteiger partial charge in [-0.1, -0.05) is 0 Å². The lowest BCUT2D eigenvalue weighted by molar-refractivity contribution is 0.0330. The lowest BCUT2D eigenvalue weighted by Crippen LogP contribution is -2.37. The Morgan fingerprint density at radius 1 is 0.975 bits per heavy atom. The normalized spacial score (nSPS) is 21.7. The van der Waals surface area contributed by atoms with E-state index in [0.29, 0.717) is 23.4 Å². The van der Waals surface area contributed by atoms with Crippen molar-refractivity contribution in [3.8, 4) is 22.9 Å². The Morgan fingerprint density at radius 2 is 1.80 bits per heavy atom. The number of nitrogens with one attached hydrogen (secondary N) is 1. The number of rotatable bonds is 4. The summed E-state index contributed by atoms with van der Waals surface area (Å²) in [5.41, 5.74) is 2.77. The lowest BCUT2D eigenvalue weighted by atomic mass is 9.93. The Hall–Kier alpha value is -3.22. The van der Waals surface area contributed by atoms with Gasteiger partial charge in [-0.3, -0.25) is 4.72 Å². The van der Waals surface area contributed by atoms with Gasteiger partial charge in [-0.25, -0.2) is 13.4 Å². The highest BCUT2D eigenvalue weighted by Gasteiger charge is 2.26. The molecule has 1 unspecified atom stereocenters. The molecule has 6 heterocycles. The average molecular weight is 569 g/mol. The molecular weight excluding hydrogens is 532 g/mol. The summed E-state index contributed by atoms with van der Waals surface area (Å²) in [5.74, 6) is 1.95. The van der Waals surface area contributed by atoms with Gasteiger partial charge in [0.1, 0.15) is 5.82 Å². The second-order valence-corrected chi connectivity index (χ2v) is 12.7. The van der Waals surface area contributed by atoms with Crippen LogP contribution >= 0.6 is 0 Å². The maximum absolute atomic E-state index is 12.3. The average Bonchev–Trinajstić information content (AvgIpc) is 3.46. The van der Waals surface area contributed by atoms with Gasteiger partial charge in [-0.15, -0.1) is 10.2 Å². The Bertz CT molecular complexity index is 1420. The van der Waals surface area contributed by atoms with Crippen LogP contribution in [0.2, 0.25) is 0 Å². The monoisotopic (exact) mass is 568 g/mol. The summed E-state index contributed by atoms with van der Waals surface area (Å²) in [4.78, 5) is 9.22. The van der Waals surface area contributed by atoms with Crippen molar-refractivity contribution in [1.82, 2.24) is 15.2 Å². The van der Waals surface area contributed by atoms with Gasteiger partial charge in [0, 0.05) is 44.5 Å². The number of nitrogens with zero attached hydrogens (tertiary/aromatic N) is 5. The van der Waals surface area contributed by atoms with Crippen molar-refractivity contribution >= 4 is 27.2 Å². The predicted molar refractivity (Wildman–Crippen MR) is 153 cm³/mol. The van der Waals surface area contributed by atoms with Crippen LogP contribution in [0.4, 0.5) is 17.2 Å². The number of aliphatic hydroxyl groups is 1. The molecule has 0 saturated carbocycles. The first kappa shape index (κ1) is 27.0. The predicted octanol–water partition coefficient (Wildman–Crippen LogP) is 3.53. The molecule has 1 atom stereocenters. The summed E-state index contributed by atoms with van der Waals surface area (Å²) in [6, 6.07) is 9.19. The lowest BCUT2D eigenvalue weighted by Gasteiger charge is -2.35. The summed E-state index contributed by atoms with van der Waals surface area (Å²) < 4.78 is 39.8. The summed E-state index contributed by atoms with van der Waals surface area (Å²) >= 11 is 0. The Labute approximate surface area is 234 Å². The topological polar surface area (TPSA) is 134 Å². The first-order chi connectivity index (χ1) is 19.5. The standard InChI is InChI=1S/C28H36N6O5S/c35-14-16-40(36,37)32-22-5-6-24-25(18-22)33-12-8-23(9-13-33)38-15-2-4-20-3-1-11-34(19-20)26-17-21(7-10-29-26)27-30-31-28(24)39-27/h5-7,10,17-18,20,23,32,35H,1-4,8-9,11-16,19H2. The van der Waals surface area contributed by atoms with Crippen LogP contribution < -0.4 is 14.5 Å². The number of fused-ring (bicyclic) bond motifs is 5. The number of hydrogen-bond acceptors (Lipinski definition) is 10. The third-order valence-corrected chi connectivity index (χ3v) is 9.28. The van der Waals surface area contributed by atoms with E-state index in [1.807, 2.05) is 12.1 Å². The number of aliphatic hydroxyl groups excluding tert-OH is 1. The van der Waals surface area contributed by atoms with Crippen molar-refractivity contribution < 1.29 is 22.7 Å². The van der Waals surface area contributed by atoms with Gasteiger partial charge in [-0.2, -0.15) is 0 Å². The zero-order valence-corrected chi connectivity index (χ0v) is 23.4. The molecule has 1 aromatic carbocycles. The molecule has 4 aliphatic heterocycles. The zero-order chi connectivity index (χ0) is 27.5. The highest BCUT2D eigenvalue weighted by Crippen LogP contribution is 2.37. The van der Waals surface area contributed by atoms with Crippen molar-refractivity contribution in [3.63, 3.8) is 0 Å². The largest absolute Gasteiger partial charge is 0.416 e. The molecule has 2 aromatic heterocycles. The quantitative estimate of drug-likeness (QED) is 0.481. The van der Waals surface area contributed by atoms with E-state index in [2.05, 4.69) is 29.7 Å². The van der Waals surface area contributed by atoms with Gasteiger partial charge in [0.05, 0.1) is 35.4 Å². The Morgan fingerprint density at radius 3 is 2.65 bits per heavy atom. The Balaban J connectivity index is 1.37. The van der Waals surface area contributed by atoms with Gasteiger partial charge in [0.25, 0.3) is 0 Å². The Kier molecular flexibility index (Phi) is 7.90. The molecule has 214 valence electrons. The van der Waals surface area contributed by atoms with Crippen molar-refractivity contribution in [3.05, 3.63) is 36.5 Å². The molecule has 2 saturated heterocycles. The maximum atomic E-state index is 12.3. The minimum absolute atomic E-state index is 0.205. The summed E-state index contributed by atoms with van der Waals surface area (Å²) in [5, 5.41) is 17.9. The molecule has 2 N–H and O–H groups in total. The molecule has 0 spiro atoms. The number of hydrogen-bond donors (Lipinski definition) is 2. The molecule has 3 aromatic rings. The van der Waals surface area contributed by atoms with E-state index < -0.39 is 16.6 Å². The van der Waals surface area contributed by atoms with Crippen molar-refractivity contribution in [2.24, 2.45) is 5.92 Å². The van der Waals surface area contributed by atoms with Crippen LogP contribution in [0.15, 0.2) is 40.9 Å². The highest BCUT2D eigenvalue weighted by molar-refractivity contribution is 7.92. The number of piperidine rings is 2. The molecule has 4 aliphatic rings. The number of ether oxygens (including phenoxy) is 1. The smallest absolute Gasteiger partial charge is 0.250 e. The molecule has 40 heavy (non-hydrogen) atoms. The van der Waals surface area contributed by atoms with Gasteiger partial charge >= 0.3 is 0 Å². The number of aromatic nitrogens is 3. The second-order valence-electron chi connectivity index (χ2n) is 10.8. The molecule has 7 rings (SSSR count).